The molecule has 0 aliphatic rings. The third-order valence-corrected chi connectivity index (χ3v) is 2.11. The van der Waals surface area contributed by atoms with Crippen LogP contribution in [0.3, 0.4) is 0 Å². The lowest BCUT2D eigenvalue weighted by Crippen LogP contribution is -1.95. The SMILES string of the molecule is O=Cc1cn(-c2ccc(Cl)c(F)c2)nn1. The first-order valence-electron chi connectivity index (χ1n) is 4.03. The summed E-state index contributed by atoms with van der Waals surface area (Å²) in [4.78, 5) is 10.4. The van der Waals surface area contributed by atoms with E-state index in [1.807, 2.05) is 0 Å². The van der Waals surface area contributed by atoms with Gasteiger partial charge in [0.2, 0.25) is 0 Å². The van der Waals surface area contributed by atoms with Crippen molar-refractivity contribution in [2.24, 2.45) is 0 Å². The minimum absolute atomic E-state index is 0.0366. The number of hydrogen-bond acceptors (Lipinski definition) is 3. The van der Waals surface area contributed by atoms with Gasteiger partial charge in [0.15, 0.2) is 6.29 Å². The van der Waals surface area contributed by atoms with Crippen molar-refractivity contribution < 1.29 is 9.18 Å². The summed E-state index contributed by atoms with van der Waals surface area (Å²) in [7, 11) is 0. The zero-order chi connectivity index (χ0) is 10.8. The van der Waals surface area contributed by atoms with Gasteiger partial charge >= 0.3 is 0 Å². The van der Waals surface area contributed by atoms with E-state index in [-0.39, 0.29) is 10.7 Å². The van der Waals surface area contributed by atoms with Crippen molar-refractivity contribution in [1.82, 2.24) is 15.0 Å². The Morgan fingerprint density at radius 2 is 2.27 bits per heavy atom. The second-order valence-electron chi connectivity index (χ2n) is 2.80. The van der Waals surface area contributed by atoms with E-state index in [0.717, 1.165) is 0 Å². The number of benzene rings is 1. The molecule has 15 heavy (non-hydrogen) atoms. The number of rotatable bonds is 2. The van der Waals surface area contributed by atoms with Gasteiger partial charge in [0, 0.05) is 6.07 Å². The van der Waals surface area contributed by atoms with E-state index >= 15 is 0 Å². The quantitative estimate of drug-likeness (QED) is 0.733. The van der Waals surface area contributed by atoms with Gasteiger partial charge in [0.05, 0.1) is 16.9 Å². The topological polar surface area (TPSA) is 47.8 Å². The maximum Gasteiger partial charge on any atom is 0.171 e. The Hall–Kier alpha value is -1.75. The molecule has 0 radical (unpaired) electrons. The van der Waals surface area contributed by atoms with E-state index in [1.54, 1.807) is 6.07 Å². The zero-order valence-corrected chi connectivity index (χ0v) is 8.15. The first kappa shape index (κ1) is 9.79. The van der Waals surface area contributed by atoms with E-state index in [0.29, 0.717) is 12.0 Å². The molecule has 1 aromatic carbocycles. The summed E-state index contributed by atoms with van der Waals surface area (Å²) in [5.41, 5.74) is 0.642. The third kappa shape index (κ3) is 1.87. The Balaban J connectivity index is 2.44. The number of hydrogen-bond donors (Lipinski definition) is 0. The summed E-state index contributed by atoms with van der Waals surface area (Å²) in [6, 6.07) is 4.20. The van der Waals surface area contributed by atoms with Crippen LogP contribution < -0.4 is 0 Å². The van der Waals surface area contributed by atoms with Crippen LogP contribution in [-0.4, -0.2) is 21.3 Å². The van der Waals surface area contributed by atoms with E-state index in [9.17, 15) is 9.18 Å². The van der Waals surface area contributed by atoms with E-state index in [4.69, 9.17) is 11.6 Å². The highest BCUT2D eigenvalue weighted by Gasteiger charge is 2.05. The average Bonchev–Trinajstić information content (AvgIpc) is 2.70. The number of halogens is 2. The normalized spacial score (nSPS) is 10.3. The number of carbonyl (C=O) groups excluding carboxylic acids is 1. The van der Waals surface area contributed by atoms with Crippen LogP contribution in [0.1, 0.15) is 10.5 Å². The van der Waals surface area contributed by atoms with Crippen LogP contribution in [-0.2, 0) is 0 Å². The summed E-state index contributed by atoms with van der Waals surface area (Å²) < 4.78 is 14.4. The van der Waals surface area contributed by atoms with Gasteiger partial charge in [-0.15, -0.1) is 5.10 Å². The maximum atomic E-state index is 13.1. The van der Waals surface area contributed by atoms with Gasteiger partial charge in [0.1, 0.15) is 11.5 Å². The molecule has 0 unspecified atom stereocenters. The second-order valence-corrected chi connectivity index (χ2v) is 3.21. The maximum absolute atomic E-state index is 13.1. The molecule has 0 saturated heterocycles. The van der Waals surface area contributed by atoms with Gasteiger partial charge in [0.25, 0.3) is 0 Å². The molecule has 0 N–H and O–H groups in total. The Morgan fingerprint density at radius 1 is 1.47 bits per heavy atom. The number of aldehydes is 1. The number of nitrogens with zero attached hydrogens (tertiary/aromatic N) is 3. The van der Waals surface area contributed by atoms with Crippen LogP contribution in [0.2, 0.25) is 5.02 Å². The minimum atomic E-state index is -0.544. The molecule has 0 atom stereocenters. The lowest BCUT2D eigenvalue weighted by Gasteiger charge is -2.00. The van der Waals surface area contributed by atoms with E-state index < -0.39 is 5.82 Å². The summed E-state index contributed by atoms with van der Waals surface area (Å²) in [5, 5.41) is 7.24. The molecule has 0 spiro atoms. The molecule has 2 aromatic rings. The molecule has 6 heteroatoms. The fraction of sp³-hybridized carbons (Fsp3) is 0. The molecule has 0 fully saturated rings. The van der Waals surface area contributed by atoms with Crippen LogP contribution in [0.5, 0.6) is 0 Å². The molecule has 76 valence electrons. The van der Waals surface area contributed by atoms with Gasteiger partial charge in [-0.2, -0.15) is 0 Å². The Kier molecular flexibility index (Phi) is 2.47. The van der Waals surface area contributed by atoms with Crippen molar-refractivity contribution in [3.63, 3.8) is 0 Å². The van der Waals surface area contributed by atoms with Crippen LogP contribution in [0.25, 0.3) is 5.69 Å². The monoisotopic (exact) mass is 225 g/mol. The predicted octanol–water partition coefficient (Wildman–Crippen LogP) is 1.87. The Labute approximate surface area is 89.3 Å². The van der Waals surface area contributed by atoms with Crippen molar-refractivity contribution >= 4 is 17.9 Å². The van der Waals surface area contributed by atoms with Crippen molar-refractivity contribution in [3.05, 3.63) is 40.9 Å². The van der Waals surface area contributed by atoms with Gasteiger partial charge < -0.3 is 0 Å². The Morgan fingerprint density at radius 3 is 2.87 bits per heavy atom. The zero-order valence-electron chi connectivity index (χ0n) is 7.39. The molecule has 0 saturated carbocycles. The van der Waals surface area contributed by atoms with Gasteiger partial charge in [-0.1, -0.05) is 16.8 Å². The minimum Gasteiger partial charge on any atom is -0.296 e. The van der Waals surface area contributed by atoms with E-state index in [2.05, 4.69) is 10.3 Å². The summed E-state index contributed by atoms with van der Waals surface area (Å²) in [6.07, 6.45) is 1.96. The highest BCUT2D eigenvalue weighted by Crippen LogP contribution is 2.17. The van der Waals surface area contributed by atoms with Crippen molar-refractivity contribution in [2.75, 3.05) is 0 Å². The molecular weight excluding hydrogens is 221 g/mol. The van der Waals surface area contributed by atoms with Crippen LogP contribution in [0.4, 0.5) is 4.39 Å². The summed E-state index contributed by atoms with van der Waals surface area (Å²) in [6.45, 7) is 0. The molecule has 4 nitrogen and oxygen atoms in total. The Bertz CT molecular complexity index is 512. The number of carbonyl (C=O) groups is 1. The smallest absolute Gasteiger partial charge is 0.171 e. The summed E-state index contributed by atoms with van der Waals surface area (Å²) >= 11 is 5.52. The molecular formula is C9H5ClFN3O. The molecule has 0 amide bonds. The highest BCUT2D eigenvalue weighted by molar-refractivity contribution is 6.30. The second kappa shape index (κ2) is 3.78. The molecule has 0 bridgehead atoms. The first-order chi connectivity index (χ1) is 7.20. The largest absolute Gasteiger partial charge is 0.296 e. The van der Waals surface area contributed by atoms with Crippen molar-refractivity contribution in [1.29, 1.82) is 0 Å². The molecule has 0 aliphatic carbocycles. The van der Waals surface area contributed by atoms with Gasteiger partial charge in [-0.05, 0) is 12.1 Å². The van der Waals surface area contributed by atoms with Gasteiger partial charge in [-0.3, -0.25) is 4.79 Å². The predicted molar refractivity (Wildman–Crippen MR) is 51.7 cm³/mol. The third-order valence-electron chi connectivity index (χ3n) is 1.80. The number of aromatic nitrogens is 3. The lowest BCUT2D eigenvalue weighted by molar-refractivity contribution is 0.111. The van der Waals surface area contributed by atoms with Crippen LogP contribution >= 0.6 is 11.6 Å². The van der Waals surface area contributed by atoms with Crippen LogP contribution in [0.15, 0.2) is 24.4 Å². The molecule has 1 heterocycles. The van der Waals surface area contributed by atoms with Crippen LogP contribution in [0, 0.1) is 5.82 Å². The molecule has 0 aliphatic heterocycles. The molecule has 1 aromatic heterocycles. The lowest BCUT2D eigenvalue weighted by atomic mass is 10.3. The first-order valence-corrected chi connectivity index (χ1v) is 4.41. The summed E-state index contributed by atoms with van der Waals surface area (Å²) in [5.74, 6) is -0.544. The van der Waals surface area contributed by atoms with E-state index in [1.165, 1.54) is 23.0 Å². The van der Waals surface area contributed by atoms with Crippen molar-refractivity contribution in [2.45, 2.75) is 0 Å². The highest BCUT2D eigenvalue weighted by atomic mass is 35.5. The average molecular weight is 226 g/mol. The van der Waals surface area contributed by atoms with Crippen molar-refractivity contribution in [3.8, 4) is 5.69 Å². The fourth-order valence-corrected chi connectivity index (χ4v) is 1.20. The van der Waals surface area contributed by atoms with Gasteiger partial charge in [-0.25, -0.2) is 9.07 Å². The fourth-order valence-electron chi connectivity index (χ4n) is 1.08. The standard InChI is InChI=1S/C9H5ClFN3O/c10-8-2-1-7(3-9(8)11)14-4-6(5-15)12-13-14/h1-5H. The molecule has 2 rings (SSSR count).